The van der Waals surface area contributed by atoms with Crippen LogP contribution >= 0.6 is 0 Å². The monoisotopic (exact) mass is 296 g/mol. The standard InChI is InChI=1S/C19H24N2O/c1-15(16-8-4-3-5-9-16)14-21-19(22)18-11-7-6-10-17(18)12-13-20-2/h3-11,15,20H,12-14H2,1-2H3,(H,21,22). The molecule has 2 aromatic carbocycles. The number of carbonyl (C=O) groups excluding carboxylic acids is 1. The summed E-state index contributed by atoms with van der Waals surface area (Å²) in [5.74, 6) is 0.309. The Morgan fingerprint density at radius 1 is 1.05 bits per heavy atom. The van der Waals surface area contributed by atoms with Crippen LogP contribution in [0, 0.1) is 0 Å². The van der Waals surface area contributed by atoms with Gasteiger partial charge < -0.3 is 10.6 Å². The molecule has 2 rings (SSSR count). The Balaban J connectivity index is 1.98. The van der Waals surface area contributed by atoms with Gasteiger partial charge in [0.25, 0.3) is 5.91 Å². The number of nitrogens with one attached hydrogen (secondary N) is 2. The summed E-state index contributed by atoms with van der Waals surface area (Å²) in [6, 6.07) is 18.1. The molecule has 0 aliphatic carbocycles. The molecule has 2 aromatic rings. The van der Waals surface area contributed by atoms with Gasteiger partial charge in [0.2, 0.25) is 0 Å². The highest BCUT2D eigenvalue weighted by atomic mass is 16.1. The summed E-state index contributed by atoms with van der Waals surface area (Å²) in [5, 5.41) is 6.18. The normalized spacial score (nSPS) is 11.9. The van der Waals surface area contributed by atoms with Gasteiger partial charge in [0.1, 0.15) is 0 Å². The predicted octanol–water partition coefficient (Wildman–Crippen LogP) is 2.98. The summed E-state index contributed by atoms with van der Waals surface area (Å²) in [6.45, 7) is 3.64. The molecule has 0 aliphatic heterocycles. The second-order valence-corrected chi connectivity index (χ2v) is 5.53. The molecule has 0 aliphatic rings. The molecule has 1 atom stereocenters. The maximum atomic E-state index is 12.4. The van der Waals surface area contributed by atoms with Crippen molar-refractivity contribution in [2.75, 3.05) is 20.1 Å². The lowest BCUT2D eigenvalue weighted by atomic mass is 10.0. The Labute approximate surface area is 132 Å². The SMILES string of the molecule is CNCCc1ccccc1C(=O)NCC(C)c1ccccc1. The fourth-order valence-electron chi connectivity index (χ4n) is 2.46. The zero-order chi connectivity index (χ0) is 15.8. The zero-order valence-electron chi connectivity index (χ0n) is 13.3. The number of carbonyl (C=O) groups is 1. The van der Waals surface area contributed by atoms with Gasteiger partial charge in [-0.2, -0.15) is 0 Å². The van der Waals surface area contributed by atoms with E-state index >= 15 is 0 Å². The molecular weight excluding hydrogens is 272 g/mol. The van der Waals surface area contributed by atoms with E-state index < -0.39 is 0 Å². The molecule has 1 unspecified atom stereocenters. The van der Waals surface area contributed by atoms with E-state index in [1.807, 2.05) is 49.5 Å². The van der Waals surface area contributed by atoms with Gasteiger partial charge in [0.05, 0.1) is 0 Å². The van der Waals surface area contributed by atoms with Crippen molar-refractivity contribution < 1.29 is 4.79 Å². The largest absolute Gasteiger partial charge is 0.351 e. The molecule has 0 saturated carbocycles. The molecule has 0 spiro atoms. The molecule has 0 bridgehead atoms. The molecule has 0 radical (unpaired) electrons. The molecule has 0 fully saturated rings. The molecule has 0 heterocycles. The van der Waals surface area contributed by atoms with Crippen molar-refractivity contribution in [2.45, 2.75) is 19.3 Å². The van der Waals surface area contributed by atoms with E-state index in [9.17, 15) is 4.79 Å². The fraction of sp³-hybridized carbons (Fsp3) is 0.316. The van der Waals surface area contributed by atoms with Crippen LogP contribution in [-0.2, 0) is 6.42 Å². The van der Waals surface area contributed by atoms with Crippen LogP contribution in [0.15, 0.2) is 54.6 Å². The molecule has 0 aromatic heterocycles. The van der Waals surface area contributed by atoms with E-state index in [1.165, 1.54) is 5.56 Å². The lowest BCUT2D eigenvalue weighted by Crippen LogP contribution is -2.28. The first kappa shape index (κ1) is 16.2. The van der Waals surface area contributed by atoms with E-state index in [2.05, 4.69) is 29.7 Å². The molecule has 3 heteroatoms. The lowest BCUT2D eigenvalue weighted by molar-refractivity contribution is 0.0950. The third kappa shape index (κ3) is 4.43. The number of hydrogen-bond acceptors (Lipinski definition) is 2. The number of hydrogen-bond donors (Lipinski definition) is 2. The predicted molar refractivity (Wildman–Crippen MR) is 91.3 cm³/mol. The Bertz CT molecular complexity index is 595. The Hall–Kier alpha value is -2.13. The number of amides is 1. The van der Waals surface area contributed by atoms with Crippen LogP contribution in [0.25, 0.3) is 0 Å². The van der Waals surface area contributed by atoms with Crippen LogP contribution in [0.5, 0.6) is 0 Å². The zero-order valence-corrected chi connectivity index (χ0v) is 13.3. The van der Waals surface area contributed by atoms with Crippen molar-refractivity contribution in [3.05, 3.63) is 71.3 Å². The summed E-state index contributed by atoms with van der Waals surface area (Å²) in [5.41, 5.74) is 3.10. The van der Waals surface area contributed by atoms with E-state index in [4.69, 9.17) is 0 Å². The minimum atomic E-state index is 0.00878. The van der Waals surface area contributed by atoms with Gasteiger partial charge in [-0.1, -0.05) is 55.5 Å². The van der Waals surface area contributed by atoms with Gasteiger partial charge in [-0.05, 0) is 43.1 Å². The Morgan fingerprint density at radius 3 is 2.45 bits per heavy atom. The molecule has 1 amide bonds. The van der Waals surface area contributed by atoms with Crippen molar-refractivity contribution in [1.82, 2.24) is 10.6 Å². The molecule has 3 nitrogen and oxygen atoms in total. The molecule has 22 heavy (non-hydrogen) atoms. The van der Waals surface area contributed by atoms with Gasteiger partial charge in [0.15, 0.2) is 0 Å². The van der Waals surface area contributed by atoms with Crippen LogP contribution < -0.4 is 10.6 Å². The summed E-state index contributed by atoms with van der Waals surface area (Å²) in [6.07, 6.45) is 0.855. The number of benzene rings is 2. The maximum Gasteiger partial charge on any atom is 0.251 e. The van der Waals surface area contributed by atoms with E-state index in [1.54, 1.807) is 0 Å². The second kappa shape index (κ2) is 8.35. The van der Waals surface area contributed by atoms with Crippen LogP contribution in [0.1, 0.15) is 34.3 Å². The topological polar surface area (TPSA) is 41.1 Å². The summed E-state index contributed by atoms with van der Waals surface area (Å²) < 4.78 is 0. The average Bonchev–Trinajstić information content (AvgIpc) is 2.58. The van der Waals surface area contributed by atoms with Gasteiger partial charge in [-0.25, -0.2) is 0 Å². The number of rotatable bonds is 7. The highest BCUT2D eigenvalue weighted by Crippen LogP contribution is 2.14. The van der Waals surface area contributed by atoms with Gasteiger partial charge >= 0.3 is 0 Å². The highest BCUT2D eigenvalue weighted by molar-refractivity contribution is 5.95. The van der Waals surface area contributed by atoms with Gasteiger partial charge in [-0.3, -0.25) is 4.79 Å². The van der Waals surface area contributed by atoms with E-state index in [0.717, 1.165) is 24.1 Å². The Kier molecular flexibility index (Phi) is 6.16. The average molecular weight is 296 g/mol. The quantitative estimate of drug-likeness (QED) is 0.824. The van der Waals surface area contributed by atoms with E-state index in [0.29, 0.717) is 12.5 Å². The Morgan fingerprint density at radius 2 is 1.73 bits per heavy atom. The highest BCUT2D eigenvalue weighted by Gasteiger charge is 2.12. The number of likely N-dealkylation sites (N-methyl/N-ethyl adjacent to an activating group) is 1. The first-order valence-electron chi connectivity index (χ1n) is 7.78. The lowest BCUT2D eigenvalue weighted by Gasteiger charge is -2.14. The van der Waals surface area contributed by atoms with Crippen LogP contribution in [-0.4, -0.2) is 26.0 Å². The van der Waals surface area contributed by atoms with Crippen molar-refractivity contribution in [3.8, 4) is 0 Å². The fourth-order valence-corrected chi connectivity index (χ4v) is 2.46. The van der Waals surface area contributed by atoms with Crippen molar-refractivity contribution >= 4 is 5.91 Å². The third-order valence-electron chi connectivity index (χ3n) is 3.84. The second-order valence-electron chi connectivity index (χ2n) is 5.53. The van der Waals surface area contributed by atoms with Crippen LogP contribution in [0.2, 0.25) is 0 Å². The molecule has 0 saturated heterocycles. The first-order valence-corrected chi connectivity index (χ1v) is 7.78. The van der Waals surface area contributed by atoms with E-state index in [-0.39, 0.29) is 5.91 Å². The van der Waals surface area contributed by atoms with Gasteiger partial charge in [0, 0.05) is 12.1 Å². The summed E-state index contributed by atoms with van der Waals surface area (Å²) in [7, 11) is 1.92. The molecule has 2 N–H and O–H groups in total. The molecule has 116 valence electrons. The third-order valence-corrected chi connectivity index (χ3v) is 3.84. The molecular formula is C19H24N2O. The van der Waals surface area contributed by atoms with Crippen molar-refractivity contribution in [3.63, 3.8) is 0 Å². The maximum absolute atomic E-state index is 12.4. The van der Waals surface area contributed by atoms with Crippen LogP contribution in [0.4, 0.5) is 0 Å². The van der Waals surface area contributed by atoms with Gasteiger partial charge in [-0.15, -0.1) is 0 Å². The first-order chi connectivity index (χ1) is 10.7. The summed E-state index contributed by atoms with van der Waals surface area (Å²) >= 11 is 0. The summed E-state index contributed by atoms with van der Waals surface area (Å²) in [4.78, 5) is 12.4. The minimum absolute atomic E-state index is 0.00878. The smallest absolute Gasteiger partial charge is 0.251 e. The minimum Gasteiger partial charge on any atom is -0.351 e. The van der Waals surface area contributed by atoms with Crippen LogP contribution in [0.3, 0.4) is 0 Å². The van der Waals surface area contributed by atoms with Crippen molar-refractivity contribution in [1.29, 1.82) is 0 Å². The van der Waals surface area contributed by atoms with Crippen molar-refractivity contribution in [2.24, 2.45) is 0 Å².